The van der Waals surface area contributed by atoms with Gasteiger partial charge < -0.3 is 0 Å². The van der Waals surface area contributed by atoms with Crippen LogP contribution in [0, 0.1) is 41.9 Å². The van der Waals surface area contributed by atoms with Crippen LogP contribution in [-0.2, 0) is 0 Å². The molecule has 0 bridgehead atoms. The molecule has 1 aliphatic heterocycles. The summed E-state index contributed by atoms with van der Waals surface area (Å²) in [5, 5.41) is 20.7. The molecule has 0 saturated heterocycles. The summed E-state index contributed by atoms with van der Waals surface area (Å²) in [7, 11) is 0. The quantitative estimate of drug-likeness (QED) is 0.388. The lowest BCUT2D eigenvalue weighted by Crippen LogP contribution is -2.42. The number of halogens is 1. The minimum Gasteiger partial charge on any atom is -0.269 e. The van der Waals surface area contributed by atoms with Gasteiger partial charge in [0.1, 0.15) is 6.04 Å². The fraction of sp³-hybridized carbons (Fsp3) is 0.143. The Labute approximate surface area is 206 Å². The maximum absolute atomic E-state index is 13.4. The van der Waals surface area contributed by atoms with Crippen LogP contribution in [0.4, 0.5) is 0 Å². The SMILES string of the molecule is Cc1ccc(/C(Br)=C\C(C#N)(C#N)C(c2ccc(C)cc2)N2C(=O)c3ccccc3C2=O)cc1. The molecule has 0 aliphatic carbocycles. The fourth-order valence-corrected chi connectivity index (χ4v) is 4.72. The Bertz CT molecular complexity index is 1340. The summed E-state index contributed by atoms with van der Waals surface area (Å²) >= 11 is 3.52. The number of carbonyl (C=O) groups excluding carboxylic acids is 2. The minimum absolute atomic E-state index is 0.260. The molecule has 2 amide bonds. The van der Waals surface area contributed by atoms with Gasteiger partial charge in [0.05, 0.1) is 23.3 Å². The molecule has 1 atom stereocenters. The van der Waals surface area contributed by atoms with Gasteiger partial charge in [0.25, 0.3) is 11.8 Å². The normalized spacial score (nSPS) is 14.4. The average Bonchev–Trinajstić information content (AvgIpc) is 3.10. The van der Waals surface area contributed by atoms with E-state index in [0.717, 1.165) is 21.6 Å². The molecule has 0 spiro atoms. The lowest BCUT2D eigenvalue weighted by molar-refractivity contribution is 0.0534. The molecule has 1 unspecified atom stereocenters. The summed E-state index contributed by atoms with van der Waals surface area (Å²) < 4.78 is 0.518. The molecule has 3 aromatic carbocycles. The number of hydrogen-bond donors (Lipinski definition) is 0. The molecule has 0 radical (unpaired) electrons. The Morgan fingerprint density at radius 3 is 1.79 bits per heavy atom. The van der Waals surface area contributed by atoms with Crippen molar-refractivity contribution in [1.29, 1.82) is 10.5 Å². The van der Waals surface area contributed by atoms with E-state index in [1.165, 1.54) is 6.08 Å². The van der Waals surface area contributed by atoms with Gasteiger partial charge in [-0.3, -0.25) is 14.5 Å². The molecule has 1 heterocycles. The number of imide groups is 1. The number of nitriles is 2. The maximum atomic E-state index is 13.4. The number of rotatable bonds is 5. The molecule has 166 valence electrons. The first kappa shape index (κ1) is 23.2. The summed E-state index contributed by atoms with van der Waals surface area (Å²) in [5.41, 5.74) is 1.99. The second-order valence-corrected chi connectivity index (χ2v) is 9.14. The number of amides is 2. The van der Waals surface area contributed by atoms with E-state index in [0.29, 0.717) is 10.0 Å². The maximum Gasteiger partial charge on any atom is 0.262 e. The standard InChI is InChI=1S/C28H20BrN3O2/c1-18-7-11-20(12-8-18)24(29)15-28(16-30,17-31)25(21-13-9-19(2)10-14-21)32-26(33)22-5-3-4-6-23(22)27(32)34/h3-15,25H,1-2H3/b24-15+. The van der Waals surface area contributed by atoms with Gasteiger partial charge >= 0.3 is 0 Å². The number of fused-ring (bicyclic) bond motifs is 1. The molecule has 5 nitrogen and oxygen atoms in total. The molecule has 1 aliphatic rings. The topological polar surface area (TPSA) is 85.0 Å². The van der Waals surface area contributed by atoms with Crippen molar-refractivity contribution in [2.24, 2.45) is 5.41 Å². The molecule has 0 aromatic heterocycles. The first-order chi connectivity index (χ1) is 16.3. The molecular weight excluding hydrogens is 490 g/mol. The molecule has 4 rings (SSSR count). The molecule has 0 saturated carbocycles. The zero-order valence-corrected chi connectivity index (χ0v) is 20.2. The third-order valence-corrected chi connectivity index (χ3v) is 6.65. The van der Waals surface area contributed by atoms with Crippen molar-refractivity contribution < 1.29 is 9.59 Å². The van der Waals surface area contributed by atoms with Crippen LogP contribution in [0.15, 0.2) is 78.9 Å². The van der Waals surface area contributed by atoms with E-state index in [9.17, 15) is 20.1 Å². The highest BCUT2D eigenvalue weighted by Crippen LogP contribution is 2.45. The van der Waals surface area contributed by atoms with Crippen molar-refractivity contribution in [3.8, 4) is 12.1 Å². The molecular formula is C28H20BrN3O2. The predicted molar refractivity (Wildman–Crippen MR) is 133 cm³/mol. The monoisotopic (exact) mass is 509 g/mol. The van der Waals surface area contributed by atoms with E-state index in [1.54, 1.807) is 36.4 Å². The van der Waals surface area contributed by atoms with Crippen LogP contribution in [0.25, 0.3) is 4.48 Å². The zero-order chi connectivity index (χ0) is 24.5. The highest BCUT2D eigenvalue weighted by atomic mass is 79.9. The van der Waals surface area contributed by atoms with Crippen LogP contribution < -0.4 is 0 Å². The molecule has 0 fully saturated rings. The lowest BCUT2D eigenvalue weighted by atomic mass is 9.77. The summed E-state index contributed by atoms with van der Waals surface area (Å²) in [6.07, 6.45) is 1.49. The Balaban J connectivity index is 1.93. The third kappa shape index (κ3) is 3.94. The van der Waals surface area contributed by atoms with Crippen LogP contribution in [0.5, 0.6) is 0 Å². The highest BCUT2D eigenvalue weighted by molar-refractivity contribution is 9.15. The van der Waals surface area contributed by atoms with Gasteiger partial charge in [-0.05, 0) is 43.2 Å². The Morgan fingerprint density at radius 2 is 1.32 bits per heavy atom. The summed E-state index contributed by atoms with van der Waals surface area (Å²) in [5.74, 6) is -1.05. The Hall–Kier alpha value is -4.00. The second kappa shape index (κ2) is 9.09. The van der Waals surface area contributed by atoms with Gasteiger partial charge in [-0.25, -0.2) is 0 Å². The van der Waals surface area contributed by atoms with Crippen molar-refractivity contribution in [2.75, 3.05) is 0 Å². The van der Waals surface area contributed by atoms with Crippen LogP contribution >= 0.6 is 15.9 Å². The molecule has 34 heavy (non-hydrogen) atoms. The van der Waals surface area contributed by atoms with Gasteiger partial charge in [-0.1, -0.05) is 87.7 Å². The predicted octanol–water partition coefficient (Wildman–Crippen LogP) is 6.11. The molecule has 3 aromatic rings. The third-order valence-electron chi connectivity index (χ3n) is 5.96. The van der Waals surface area contributed by atoms with E-state index in [1.807, 2.05) is 50.2 Å². The number of carbonyl (C=O) groups is 2. The largest absolute Gasteiger partial charge is 0.269 e. The average molecular weight is 510 g/mol. The van der Waals surface area contributed by atoms with E-state index in [2.05, 4.69) is 28.1 Å². The first-order valence-electron chi connectivity index (χ1n) is 10.6. The molecule has 0 N–H and O–H groups in total. The van der Waals surface area contributed by atoms with Crippen molar-refractivity contribution in [1.82, 2.24) is 4.90 Å². The van der Waals surface area contributed by atoms with E-state index < -0.39 is 23.3 Å². The summed E-state index contributed by atoms with van der Waals surface area (Å²) in [6.45, 7) is 3.88. The van der Waals surface area contributed by atoms with Crippen LogP contribution in [-0.4, -0.2) is 16.7 Å². The smallest absolute Gasteiger partial charge is 0.262 e. The zero-order valence-electron chi connectivity index (χ0n) is 18.6. The summed E-state index contributed by atoms with van der Waals surface area (Å²) in [6, 6.07) is 24.4. The van der Waals surface area contributed by atoms with Crippen LogP contribution in [0.3, 0.4) is 0 Å². The number of benzene rings is 3. The number of aryl methyl sites for hydroxylation is 2. The minimum atomic E-state index is -1.85. The van der Waals surface area contributed by atoms with Gasteiger partial charge in [0.2, 0.25) is 0 Å². The second-order valence-electron chi connectivity index (χ2n) is 8.29. The highest BCUT2D eigenvalue weighted by Gasteiger charge is 2.50. The van der Waals surface area contributed by atoms with Gasteiger partial charge in [-0.2, -0.15) is 10.5 Å². The molecule has 6 heteroatoms. The Kier molecular flexibility index (Phi) is 6.20. The van der Waals surface area contributed by atoms with E-state index in [-0.39, 0.29) is 11.1 Å². The number of nitrogens with zero attached hydrogens (tertiary/aromatic N) is 3. The van der Waals surface area contributed by atoms with E-state index >= 15 is 0 Å². The van der Waals surface area contributed by atoms with Crippen molar-refractivity contribution in [3.63, 3.8) is 0 Å². The first-order valence-corrected chi connectivity index (χ1v) is 11.4. The summed E-state index contributed by atoms with van der Waals surface area (Å²) in [4.78, 5) is 27.9. The van der Waals surface area contributed by atoms with Crippen molar-refractivity contribution in [2.45, 2.75) is 19.9 Å². The number of hydrogen-bond acceptors (Lipinski definition) is 4. The van der Waals surface area contributed by atoms with E-state index in [4.69, 9.17) is 0 Å². The van der Waals surface area contributed by atoms with Crippen LogP contribution in [0.2, 0.25) is 0 Å². The van der Waals surface area contributed by atoms with Crippen molar-refractivity contribution in [3.05, 3.63) is 112 Å². The Morgan fingerprint density at radius 1 is 0.853 bits per heavy atom. The fourth-order valence-electron chi connectivity index (χ4n) is 4.09. The van der Waals surface area contributed by atoms with Gasteiger partial charge in [0, 0.05) is 4.48 Å². The van der Waals surface area contributed by atoms with Crippen LogP contribution in [0.1, 0.15) is 49.0 Å². The van der Waals surface area contributed by atoms with Gasteiger partial charge in [-0.15, -0.1) is 0 Å². The lowest BCUT2D eigenvalue weighted by Gasteiger charge is -2.34. The van der Waals surface area contributed by atoms with Crippen molar-refractivity contribution >= 4 is 32.2 Å². The van der Waals surface area contributed by atoms with Gasteiger partial charge in [0.15, 0.2) is 5.41 Å².